The highest BCUT2D eigenvalue weighted by Gasteiger charge is 2.02. The van der Waals surface area contributed by atoms with Gasteiger partial charge in [0, 0.05) is 0 Å². The van der Waals surface area contributed by atoms with Gasteiger partial charge < -0.3 is 9.47 Å². The van der Waals surface area contributed by atoms with Gasteiger partial charge in [-0.2, -0.15) is 0 Å². The summed E-state index contributed by atoms with van der Waals surface area (Å²) in [6.07, 6.45) is 21.3. The minimum absolute atomic E-state index is 0.815. The lowest BCUT2D eigenvalue weighted by Gasteiger charge is -2.10. The normalized spacial score (nSPS) is 11.2. The summed E-state index contributed by atoms with van der Waals surface area (Å²) >= 11 is 0. The van der Waals surface area contributed by atoms with Gasteiger partial charge in [-0.25, -0.2) is 0 Å². The van der Waals surface area contributed by atoms with Crippen LogP contribution >= 0.6 is 0 Å². The van der Waals surface area contributed by atoms with E-state index in [-0.39, 0.29) is 0 Å². The molecule has 180 valence electrons. The first kappa shape index (κ1) is 26.6. The van der Waals surface area contributed by atoms with E-state index in [1.807, 2.05) is 0 Å². The number of unbranched alkanes of at least 4 members (excludes halogenated alkanes) is 14. The third kappa shape index (κ3) is 11.8. The number of benzene rings is 2. The number of hydrogen-bond donors (Lipinski definition) is 0. The van der Waals surface area contributed by atoms with Crippen LogP contribution in [0.25, 0.3) is 10.8 Å². The maximum atomic E-state index is 6.02. The lowest BCUT2D eigenvalue weighted by molar-refractivity contribution is 0.303. The zero-order valence-electron chi connectivity index (χ0n) is 21.0. The third-order valence-corrected chi connectivity index (χ3v) is 6.32. The Morgan fingerprint density at radius 2 is 0.812 bits per heavy atom. The molecule has 2 rings (SSSR count). The first-order valence-electron chi connectivity index (χ1n) is 13.6. The Balaban J connectivity index is 1.62. The van der Waals surface area contributed by atoms with E-state index >= 15 is 0 Å². The first-order chi connectivity index (χ1) is 15.8. The topological polar surface area (TPSA) is 18.5 Å². The van der Waals surface area contributed by atoms with Gasteiger partial charge in [0.05, 0.1) is 13.2 Å². The molecule has 32 heavy (non-hydrogen) atoms. The average molecular weight is 441 g/mol. The fourth-order valence-corrected chi connectivity index (χ4v) is 4.23. The Labute approximate surface area is 198 Å². The molecule has 0 fully saturated rings. The zero-order valence-corrected chi connectivity index (χ0v) is 21.0. The molecule has 0 amide bonds. The highest BCUT2D eigenvalue weighted by molar-refractivity contribution is 5.85. The molecule has 0 aliphatic rings. The standard InChI is InChI=1S/C30H48O2/c1-3-5-7-9-11-13-15-17-23-31-29-21-19-27-20-22-30(26-28(27)25-29)32-24-18-16-14-12-10-8-6-4-2/h19-22,25-26H,3-18,23-24H2,1-2H3. The van der Waals surface area contributed by atoms with Gasteiger partial charge in [-0.05, 0) is 47.9 Å². The quantitative estimate of drug-likeness (QED) is 0.191. The molecule has 2 nitrogen and oxygen atoms in total. The van der Waals surface area contributed by atoms with Crippen LogP contribution in [-0.4, -0.2) is 13.2 Å². The summed E-state index contributed by atoms with van der Waals surface area (Å²) in [7, 11) is 0. The molecular formula is C30H48O2. The van der Waals surface area contributed by atoms with Crippen molar-refractivity contribution in [2.24, 2.45) is 0 Å². The smallest absolute Gasteiger partial charge is 0.119 e. The summed E-state index contributed by atoms with van der Waals surface area (Å²) in [5.41, 5.74) is 0. The van der Waals surface area contributed by atoms with Crippen molar-refractivity contribution < 1.29 is 9.47 Å². The Bertz CT molecular complexity index is 652. The van der Waals surface area contributed by atoms with Crippen LogP contribution < -0.4 is 9.47 Å². The van der Waals surface area contributed by atoms with Crippen molar-refractivity contribution >= 4 is 10.8 Å². The van der Waals surface area contributed by atoms with Crippen LogP contribution in [0.2, 0.25) is 0 Å². The van der Waals surface area contributed by atoms with Gasteiger partial charge in [-0.1, -0.05) is 116 Å². The molecule has 2 aromatic carbocycles. The molecule has 0 aromatic heterocycles. The summed E-state index contributed by atoms with van der Waals surface area (Å²) in [5, 5.41) is 2.44. The molecule has 0 N–H and O–H groups in total. The van der Waals surface area contributed by atoms with E-state index in [9.17, 15) is 0 Å². The number of fused-ring (bicyclic) bond motifs is 1. The van der Waals surface area contributed by atoms with Crippen molar-refractivity contribution in [3.05, 3.63) is 36.4 Å². The van der Waals surface area contributed by atoms with Crippen LogP contribution in [0, 0.1) is 0 Å². The third-order valence-electron chi connectivity index (χ3n) is 6.32. The second kappa shape index (κ2) is 17.8. The van der Waals surface area contributed by atoms with Crippen LogP contribution in [0.4, 0.5) is 0 Å². The van der Waals surface area contributed by atoms with Crippen molar-refractivity contribution in [3.8, 4) is 11.5 Å². The molecule has 0 aliphatic heterocycles. The highest BCUT2D eigenvalue weighted by Crippen LogP contribution is 2.25. The van der Waals surface area contributed by atoms with E-state index in [0.29, 0.717) is 0 Å². The second-order valence-electron chi connectivity index (χ2n) is 9.32. The first-order valence-corrected chi connectivity index (χ1v) is 13.6. The highest BCUT2D eigenvalue weighted by atomic mass is 16.5. The largest absolute Gasteiger partial charge is 0.494 e. The van der Waals surface area contributed by atoms with E-state index in [2.05, 4.69) is 50.2 Å². The fraction of sp³-hybridized carbons (Fsp3) is 0.667. The van der Waals surface area contributed by atoms with Gasteiger partial charge >= 0.3 is 0 Å². The molecule has 0 spiro atoms. The van der Waals surface area contributed by atoms with Gasteiger partial charge in [0.2, 0.25) is 0 Å². The predicted octanol–water partition coefficient (Wildman–Crippen LogP) is 9.88. The number of hydrogen-bond acceptors (Lipinski definition) is 2. The van der Waals surface area contributed by atoms with Crippen molar-refractivity contribution in [3.63, 3.8) is 0 Å². The van der Waals surface area contributed by atoms with Gasteiger partial charge in [-0.15, -0.1) is 0 Å². The van der Waals surface area contributed by atoms with Gasteiger partial charge in [0.1, 0.15) is 11.5 Å². The molecular weight excluding hydrogens is 392 g/mol. The van der Waals surface area contributed by atoms with Crippen molar-refractivity contribution in [1.82, 2.24) is 0 Å². The SMILES string of the molecule is CCCCCCCCCCOc1ccc2ccc(OCCCCCCCCCC)cc2c1. The van der Waals surface area contributed by atoms with Gasteiger partial charge in [0.25, 0.3) is 0 Å². The van der Waals surface area contributed by atoms with E-state index in [4.69, 9.17) is 9.47 Å². The van der Waals surface area contributed by atoms with Crippen LogP contribution in [0.3, 0.4) is 0 Å². The molecule has 0 bridgehead atoms. The van der Waals surface area contributed by atoms with Gasteiger partial charge in [0.15, 0.2) is 0 Å². The van der Waals surface area contributed by atoms with Crippen molar-refractivity contribution in [1.29, 1.82) is 0 Å². The Morgan fingerprint density at radius 1 is 0.438 bits per heavy atom. The maximum Gasteiger partial charge on any atom is 0.119 e. The van der Waals surface area contributed by atoms with E-state index in [1.165, 1.54) is 101 Å². The van der Waals surface area contributed by atoms with E-state index < -0.39 is 0 Å². The minimum Gasteiger partial charge on any atom is -0.494 e. The van der Waals surface area contributed by atoms with Gasteiger partial charge in [-0.3, -0.25) is 0 Å². The molecule has 0 aliphatic carbocycles. The summed E-state index contributed by atoms with van der Waals surface area (Å²) in [6.45, 7) is 6.18. The average Bonchev–Trinajstić information content (AvgIpc) is 2.81. The van der Waals surface area contributed by atoms with Crippen molar-refractivity contribution in [2.45, 2.75) is 117 Å². The zero-order chi connectivity index (χ0) is 22.7. The van der Waals surface area contributed by atoms with Crippen molar-refractivity contribution in [2.75, 3.05) is 13.2 Å². The summed E-state index contributed by atoms with van der Waals surface area (Å²) in [6, 6.07) is 12.8. The molecule has 0 heterocycles. The second-order valence-corrected chi connectivity index (χ2v) is 9.32. The minimum atomic E-state index is 0.815. The number of rotatable bonds is 20. The molecule has 2 heteroatoms. The molecule has 2 aromatic rings. The van der Waals surface area contributed by atoms with Crippen LogP contribution in [0.5, 0.6) is 11.5 Å². The molecule has 0 radical (unpaired) electrons. The molecule has 0 unspecified atom stereocenters. The predicted molar refractivity (Wildman–Crippen MR) is 140 cm³/mol. The van der Waals surface area contributed by atoms with Crippen LogP contribution in [0.15, 0.2) is 36.4 Å². The number of ether oxygens (including phenoxy) is 2. The molecule has 0 saturated heterocycles. The lowest BCUT2D eigenvalue weighted by Crippen LogP contribution is -1.98. The summed E-state index contributed by atoms with van der Waals surface area (Å²) < 4.78 is 12.0. The molecule has 0 saturated carbocycles. The summed E-state index contributed by atoms with van der Waals surface area (Å²) in [4.78, 5) is 0. The fourth-order valence-electron chi connectivity index (χ4n) is 4.23. The van der Waals surface area contributed by atoms with E-state index in [0.717, 1.165) is 37.6 Å². The Kier molecular flexibility index (Phi) is 14.8. The maximum absolute atomic E-state index is 6.02. The Hall–Kier alpha value is -1.70. The monoisotopic (exact) mass is 440 g/mol. The summed E-state index contributed by atoms with van der Waals surface area (Å²) in [5.74, 6) is 1.95. The van der Waals surface area contributed by atoms with Crippen LogP contribution in [-0.2, 0) is 0 Å². The lowest BCUT2D eigenvalue weighted by atomic mass is 10.1. The van der Waals surface area contributed by atoms with Crippen LogP contribution in [0.1, 0.15) is 117 Å². The van der Waals surface area contributed by atoms with E-state index in [1.54, 1.807) is 0 Å². The Morgan fingerprint density at radius 3 is 1.22 bits per heavy atom. The molecule has 0 atom stereocenters.